The van der Waals surface area contributed by atoms with Crippen molar-refractivity contribution in [2.45, 2.75) is 41.5 Å². The summed E-state index contributed by atoms with van der Waals surface area (Å²) >= 11 is 0. The molecule has 0 N–H and O–H groups in total. The van der Waals surface area contributed by atoms with Crippen molar-refractivity contribution in [3.8, 4) is 0 Å². The highest BCUT2D eigenvalue weighted by Gasteiger charge is 2.07. The van der Waals surface area contributed by atoms with E-state index in [9.17, 15) is 0 Å². The lowest BCUT2D eigenvalue weighted by molar-refractivity contribution is 1.22. The molecule has 0 saturated carbocycles. The highest BCUT2D eigenvalue weighted by atomic mass is 14.8. The number of benzene rings is 1. The van der Waals surface area contributed by atoms with Gasteiger partial charge in [-0.25, -0.2) is 4.98 Å². The van der Waals surface area contributed by atoms with Crippen LogP contribution in [0.4, 0.5) is 5.69 Å². The Hall–Kier alpha value is -2.81. The number of aryl methyl sites for hydroxylation is 3. The molecule has 3 nitrogen and oxygen atoms in total. The topological polar surface area (TPSA) is 37.6 Å². The zero-order chi connectivity index (χ0) is 19.3. The number of nitrogens with zero attached hydrogens (tertiary/aromatic N) is 3. The zero-order valence-electron chi connectivity index (χ0n) is 16.6. The molecular weight excluding hydrogens is 318 g/mol. The summed E-state index contributed by atoms with van der Waals surface area (Å²) in [6.45, 7) is 16.0. The Morgan fingerprint density at radius 3 is 2.12 bits per heavy atom. The number of aromatic nitrogens is 1. The van der Waals surface area contributed by atoms with Gasteiger partial charge in [-0.05, 0) is 70.9 Å². The lowest BCUT2D eigenvalue weighted by atomic mass is 10.1. The minimum absolute atomic E-state index is 0.839. The third kappa shape index (κ3) is 4.63. The Balaban J connectivity index is 2.43. The van der Waals surface area contributed by atoms with E-state index in [2.05, 4.69) is 44.5 Å². The fraction of sp³-hybridized carbons (Fsp3) is 0.261. The molecule has 0 radical (unpaired) electrons. The van der Waals surface area contributed by atoms with Crippen LogP contribution in [0, 0.1) is 20.8 Å². The van der Waals surface area contributed by atoms with Crippen LogP contribution < -0.4 is 0 Å². The van der Waals surface area contributed by atoms with Crippen LogP contribution in [0.15, 0.2) is 64.7 Å². The Kier molecular flexibility index (Phi) is 6.40. The van der Waals surface area contributed by atoms with Crippen molar-refractivity contribution in [1.29, 1.82) is 0 Å². The number of allylic oxidation sites excluding steroid dienone is 2. The normalized spacial score (nSPS) is 13.1. The van der Waals surface area contributed by atoms with Gasteiger partial charge in [-0.2, -0.15) is 0 Å². The molecule has 0 fully saturated rings. The molecule has 0 saturated heterocycles. The van der Waals surface area contributed by atoms with Crippen molar-refractivity contribution in [3.63, 3.8) is 0 Å². The highest BCUT2D eigenvalue weighted by molar-refractivity contribution is 6.02. The number of aliphatic imine (C=N–C) groups is 2. The van der Waals surface area contributed by atoms with E-state index in [0.29, 0.717) is 0 Å². The lowest BCUT2D eigenvalue weighted by Crippen LogP contribution is -2.05. The van der Waals surface area contributed by atoms with Gasteiger partial charge in [-0.3, -0.25) is 9.98 Å². The first-order valence-corrected chi connectivity index (χ1v) is 8.80. The lowest BCUT2D eigenvalue weighted by Gasteiger charge is -2.09. The summed E-state index contributed by atoms with van der Waals surface area (Å²) in [5.74, 6) is 0. The van der Waals surface area contributed by atoms with Crippen molar-refractivity contribution in [3.05, 3.63) is 82.8 Å². The summed E-state index contributed by atoms with van der Waals surface area (Å²) in [5.41, 5.74) is 8.93. The molecule has 0 atom stereocenters. The van der Waals surface area contributed by atoms with Gasteiger partial charge in [0.05, 0.1) is 34.2 Å². The van der Waals surface area contributed by atoms with Gasteiger partial charge in [0.2, 0.25) is 0 Å². The SMILES string of the molecule is C=C/C(=C\C)N=C(C)c1cccc(C(C)=Nc2c(C)cc(C)cc2C)n1. The fourth-order valence-electron chi connectivity index (χ4n) is 2.89. The van der Waals surface area contributed by atoms with E-state index in [1.165, 1.54) is 16.7 Å². The van der Waals surface area contributed by atoms with E-state index >= 15 is 0 Å². The Morgan fingerprint density at radius 2 is 1.58 bits per heavy atom. The quantitative estimate of drug-likeness (QED) is 0.480. The van der Waals surface area contributed by atoms with E-state index in [-0.39, 0.29) is 0 Å². The first-order valence-electron chi connectivity index (χ1n) is 8.80. The summed E-state index contributed by atoms with van der Waals surface area (Å²) in [5, 5.41) is 0. The van der Waals surface area contributed by atoms with Crippen LogP contribution >= 0.6 is 0 Å². The predicted molar refractivity (Wildman–Crippen MR) is 113 cm³/mol. The summed E-state index contributed by atoms with van der Waals surface area (Å²) < 4.78 is 0. The van der Waals surface area contributed by atoms with E-state index < -0.39 is 0 Å². The number of pyridine rings is 1. The third-order valence-corrected chi connectivity index (χ3v) is 4.21. The molecule has 1 heterocycles. The second-order valence-corrected chi connectivity index (χ2v) is 6.47. The predicted octanol–water partition coefficient (Wildman–Crippen LogP) is 6.05. The van der Waals surface area contributed by atoms with Crippen molar-refractivity contribution in [1.82, 2.24) is 4.98 Å². The Bertz CT molecular complexity index is 892. The van der Waals surface area contributed by atoms with Crippen molar-refractivity contribution >= 4 is 17.1 Å². The van der Waals surface area contributed by atoms with Gasteiger partial charge in [0, 0.05) is 0 Å². The number of rotatable bonds is 5. The molecule has 134 valence electrons. The molecule has 3 heteroatoms. The maximum absolute atomic E-state index is 4.85. The second kappa shape index (κ2) is 8.52. The molecule has 0 aliphatic carbocycles. The van der Waals surface area contributed by atoms with Gasteiger partial charge in [0.1, 0.15) is 0 Å². The monoisotopic (exact) mass is 345 g/mol. The highest BCUT2D eigenvalue weighted by Crippen LogP contribution is 2.25. The van der Waals surface area contributed by atoms with Gasteiger partial charge >= 0.3 is 0 Å². The molecule has 0 aliphatic rings. The zero-order valence-corrected chi connectivity index (χ0v) is 16.6. The van der Waals surface area contributed by atoms with E-state index in [0.717, 1.165) is 34.2 Å². The first-order chi connectivity index (χ1) is 12.3. The van der Waals surface area contributed by atoms with Crippen molar-refractivity contribution in [2.75, 3.05) is 0 Å². The molecule has 0 bridgehead atoms. The molecule has 0 aliphatic heterocycles. The second-order valence-electron chi connectivity index (χ2n) is 6.47. The largest absolute Gasteiger partial charge is 0.252 e. The Labute approximate surface area is 156 Å². The van der Waals surface area contributed by atoms with Gasteiger partial charge in [0.15, 0.2) is 0 Å². The van der Waals surface area contributed by atoms with Crippen LogP contribution in [0.5, 0.6) is 0 Å². The van der Waals surface area contributed by atoms with Crippen LogP contribution in [-0.2, 0) is 0 Å². The summed E-state index contributed by atoms with van der Waals surface area (Å²) in [6, 6.07) is 10.3. The van der Waals surface area contributed by atoms with Crippen LogP contribution in [-0.4, -0.2) is 16.4 Å². The molecule has 1 aromatic carbocycles. The first kappa shape index (κ1) is 19.5. The van der Waals surface area contributed by atoms with E-state index in [4.69, 9.17) is 9.98 Å². The maximum Gasteiger partial charge on any atom is 0.0849 e. The summed E-state index contributed by atoms with van der Waals surface area (Å²) in [4.78, 5) is 14.2. The third-order valence-electron chi connectivity index (χ3n) is 4.21. The van der Waals surface area contributed by atoms with Crippen LogP contribution in [0.2, 0.25) is 0 Å². The van der Waals surface area contributed by atoms with Crippen LogP contribution in [0.3, 0.4) is 0 Å². The molecule has 26 heavy (non-hydrogen) atoms. The maximum atomic E-state index is 4.85. The van der Waals surface area contributed by atoms with Gasteiger partial charge in [0.25, 0.3) is 0 Å². The summed E-state index contributed by atoms with van der Waals surface area (Å²) in [7, 11) is 0. The Morgan fingerprint density at radius 1 is 1.00 bits per heavy atom. The molecule has 0 unspecified atom stereocenters. The van der Waals surface area contributed by atoms with Gasteiger partial charge in [-0.15, -0.1) is 0 Å². The van der Waals surface area contributed by atoms with Crippen molar-refractivity contribution < 1.29 is 0 Å². The van der Waals surface area contributed by atoms with E-state index in [1.54, 1.807) is 6.08 Å². The average Bonchev–Trinajstić information content (AvgIpc) is 2.62. The molecule has 1 aromatic heterocycles. The molecule has 0 spiro atoms. The fourth-order valence-corrected chi connectivity index (χ4v) is 2.89. The van der Waals surface area contributed by atoms with Gasteiger partial charge < -0.3 is 0 Å². The van der Waals surface area contributed by atoms with Crippen LogP contribution in [0.25, 0.3) is 0 Å². The molecular formula is C23H27N3. The van der Waals surface area contributed by atoms with Gasteiger partial charge in [-0.1, -0.05) is 36.4 Å². The minimum atomic E-state index is 0.839. The minimum Gasteiger partial charge on any atom is -0.252 e. The smallest absolute Gasteiger partial charge is 0.0849 e. The van der Waals surface area contributed by atoms with E-state index in [1.807, 2.05) is 45.0 Å². The number of hydrogen-bond donors (Lipinski definition) is 0. The average molecular weight is 345 g/mol. The summed E-state index contributed by atoms with van der Waals surface area (Å²) in [6.07, 6.45) is 3.67. The van der Waals surface area contributed by atoms with Crippen molar-refractivity contribution in [2.24, 2.45) is 9.98 Å². The standard InChI is InChI=1S/C23H27N3/c1-8-20(9-2)24-18(6)21-11-10-12-22(26-21)19(7)25-23-16(4)13-15(3)14-17(23)5/h8-14H,1H2,2-7H3/b20-9+,24-18?,25-19?. The molecule has 2 aromatic rings. The molecule has 0 amide bonds. The molecule has 2 rings (SSSR count). The number of hydrogen-bond acceptors (Lipinski definition) is 3. The van der Waals surface area contributed by atoms with Crippen LogP contribution in [0.1, 0.15) is 48.8 Å².